The van der Waals surface area contributed by atoms with Crippen molar-refractivity contribution in [2.75, 3.05) is 14.1 Å². The van der Waals surface area contributed by atoms with Crippen LogP contribution >= 0.6 is 0 Å². The summed E-state index contributed by atoms with van der Waals surface area (Å²) in [6.45, 7) is 0.738. The summed E-state index contributed by atoms with van der Waals surface area (Å²) in [5.74, 6) is 0. The van der Waals surface area contributed by atoms with Gasteiger partial charge in [0.15, 0.2) is 0 Å². The fourth-order valence-electron chi connectivity index (χ4n) is 1.32. The monoisotopic (exact) mass is 257 g/mol. The predicted octanol–water partition coefficient (Wildman–Crippen LogP) is 1.13. The van der Waals surface area contributed by atoms with Crippen LogP contribution in [0.5, 0.6) is 0 Å². The first-order chi connectivity index (χ1) is 7.81. The van der Waals surface area contributed by atoms with E-state index in [4.69, 9.17) is 10.2 Å². The van der Waals surface area contributed by atoms with Crippen molar-refractivity contribution in [1.82, 2.24) is 4.90 Å². The van der Waals surface area contributed by atoms with Gasteiger partial charge in [0.1, 0.15) is 9.92 Å². The van der Waals surface area contributed by atoms with Crippen LogP contribution in [0.1, 0.15) is 5.56 Å². The van der Waals surface area contributed by atoms with Crippen molar-refractivity contribution >= 4 is 16.0 Å². The molecule has 0 bridgehead atoms. The van der Waals surface area contributed by atoms with E-state index in [2.05, 4.69) is 4.36 Å². The number of nitrogens with zero attached hydrogens (tertiary/aromatic N) is 2. The summed E-state index contributed by atoms with van der Waals surface area (Å²) in [5.41, 5.74) is 1.02. The number of carboxylic acid groups (broad SMARTS) is 1. The van der Waals surface area contributed by atoms with Gasteiger partial charge in [0.2, 0.25) is 0 Å². The molecule has 7 heteroatoms. The number of benzene rings is 1. The molecule has 1 unspecified atom stereocenters. The Labute approximate surface area is 100 Å². The second kappa shape index (κ2) is 5.26. The van der Waals surface area contributed by atoms with Crippen molar-refractivity contribution in [3.63, 3.8) is 0 Å². The molecule has 0 aliphatic rings. The molecule has 94 valence electrons. The molecule has 3 N–H and O–H groups in total. The predicted molar refractivity (Wildman–Crippen MR) is 64.9 cm³/mol. The zero-order valence-electron chi connectivity index (χ0n) is 9.66. The molecule has 1 aromatic rings. The number of nitrogens with two attached hydrogens (primary N) is 1. The van der Waals surface area contributed by atoms with Crippen molar-refractivity contribution in [1.29, 1.82) is 0 Å². The summed E-state index contributed by atoms with van der Waals surface area (Å²) in [7, 11) is 0.518. The summed E-state index contributed by atoms with van der Waals surface area (Å²) in [5, 5.41) is 13.8. The number of hydrogen-bond donors (Lipinski definition) is 2. The van der Waals surface area contributed by atoms with E-state index in [9.17, 15) is 9.00 Å². The molecular formula is C10H15N3O3S. The quantitative estimate of drug-likeness (QED) is 0.848. The number of carbonyl (C=O) groups is 1. The van der Waals surface area contributed by atoms with Crippen LogP contribution in [0.15, 0.2) is 33.5 Å². The van der Waals surface area contributed by atoms with Crippen LogP contribution in [0.2, 0.25) is 0 Å². The molecule has 0 aliphatic heterocycles. The lowest BCUT2D eigenvalue weighted by molar-refractivity contribution is 0.206. The maximum Gasteiger partial charge on any atom is 0.440 e. The van der Waals surface area contributed by atoms with E-state index in [1.807, 2.05) is 19.0 Å². The van der Waals surface area contributed by atoms with Gasteiger partial charge in [0.05, 0.1) is 4.90 Å². The Morgan fingerprint density at radius 2 is 1.94 bits per heavy atom. The molecule has 6 nitrogen and oxygen atoms in total. The van der Waals surface area contributed by atoms with Crippen LogP contribution in [0.4, 0.5) is 4.79 Å². The third kappa shape index (κ3) is 4.14. The highest BCUT2D eigenvalue weighted by Gasteiger charge is 2.09. The third-order valence-corrected chi connectivity index (χ3v) is 3.35. The van der Waals surface area contributed by atoms with E-state index < -0.39 is 16.0 Å². The minimum atomic E-state index is -3.34. The maximum atomic E-state index is 11.8. The van der Waals surface area contributed by atoms with Gasteiger partial charge in [0.25, 0.3) is 0 Å². The molecule has 0 aliphatic carbocycles. The highest BCUT2D eigenvalue weighted by Crippen LogP contribution is 2.11. The molecule has 1 aromatic carbocycles. The molecule has 1 amide bonds. The van der Waals surface area contributed by atoms with Gasteiger partial charge < -0.3 is 10.0 Å². The van der Waals surface area contributed by atoms with Gasteiger partial charge >= 0.3 is 6.09 Å². The van der Waals surface area contributed by atoms with Gasteiger partial charge in [-0.2, -0.15) is 0 Å². The van der Waals surface area contributed by atoms with E-state index in [0.29, 0.717) is 0 Å². The van der Waals surface area contributed by atoms with E-state index in [-0.39, 0.29) is 4.90 Å². The van der Waals surface area contributed by atoms with E-state index in [1.165, 1.54) is 12.1 Å². The summed E-state index contributed by atoms with van der Waals surface area (Å²) >= 11 is 0. The van der Waals surface area contributed by atoms with Crippen LogP contribution < -0.4 is 5.14 Å². The standard InChI is InChI=1S/C10H15N3O3S/c1-13(2)7-8-3-5-9(6-4-8)17(11,16)12-10(14)15/h3-6H,7H2,1-2H3,(H,14,15)(H2,11,12,16). The van der Waals surface area contributed by atoms with Crippen molar-refractivity contribution < 1.29 is 14.1 Å². The summed E-state index contributed by atoms with van der Waals surface area (Å²) in [6.07, 6.45) is -1.53. The second-order valence-electron chi connectivity index (χ2n) is 3.82. The van der Waals surface area contributed by atoms with Crippen LogP contribution in [0, 0.1) is 0 Å². The Hall–Kier alpha value is -1.44. The first kappa shape index (κ1) is 13.6. The molecule has 0 fully saturated rings. The molecule has 0 spiro atoms. The van der Waals surface area contributed by atoms with Crippen molar-refractivity contribution in [2.24, 2.45) is 9.50 Å². The van der Waals surface area contributed by atoms with Gasteiger partial charge in [-0.25, -0.2) is 14.1 Å². The van der Waals surface area contributed by atoms with Crippen molar-refractivity contribution in [3.05, 3.63) is 29.8 Å². The smallest absolute Gasteiger partial charge is 0.440 e. The Morgan fingerprint density at radius 1 is 1.41 bits per heavy atom. The van der Waals surface area contributed by atoms with Crippen LogP contribution in [0.3, 0.4) is 0 Å². The lowest BCUT2D eigenvalue weighted by Crippen LogP contribution is -2.15. The Morgan fingerprint density at radius 3 is 2.35 bits per heavy atom. The van der Waals surface area contributed by atoms with E-state index in [0.717, 1.165) is 12.1 Å². The Bertz CT molecular complexity index is 516. The normalized spacial score (nSPS) is 14.4. The number of hydrogen-bond acceptors (Lipinski definition) is 3. The van der Waals surface area contributed by atoms with Crippen molar-refractivity contribution in [2.45, 2.75) is 11.4 Å². The largest absolute Gasteiger partial charge is 0.463 e. The molecule has 0 heterocycles. The average Bonchev–Trinajstić information content (AvgIpc) is 2.15. The van der Waals surface area contributed by atoms with Gasteiger partial charge in [-0.05, 0) is 31.8 Å². The molecule has 0 saturated heterocycles. The van der Waals surface area contributed by atoms with Gasteiger partial charge in [-0.1, -0.05) is 12.1 Å². The second-order valence-corrected chi connectivity index (χ2v) is 5.62. The highest BCUT2D eigenvalue weighted by molar-refractivity contribution is 7.91. The van der Waals surface area contributed by atoms with Crippen LogP contribution in [-0.4, -0.2) is 34.4 Å². The Balaban J connectivity index is 3.03. The number of amides is 1. The van der Waals surface area contributed by atoms with E-state index >= 15 is 0 Å². The molecule has 1 rings (SSSR count). The SMILES string of the molecule is CN(C)Cc1ccc(S(N)(=O)=NC(=O)O)cc1. The lowest BCUT2D eigenvalue weighted by atomic mass is 10.2. The van der Waals surface area contributed by atoms with Gasteiger partial charge in [-0.3, -0.25) is 0 Å². The topological polar surface area (TPSA) is 96.0 Å². The van der Waals surface area contributed by atoms with Crippen molar-refractivity contribution in [3.8, 4) is 0 Å². The summed E-state index contributed by atoms with van der Waals surface area (Å²) in [4.78, 5) is 12.6. The van der Waals surface area contributed by atoms with Gasteiger partial charge in [0, 0.05) is 6.54 Å². The summed E-state index contributed by atoms with van der Waals surface area (Å²) in [6, 6.07) is 6.57. The molecular weight excluding hydrogens is 242 g/mol. The molecule has 1 atom stereocenters. The number of rotatable bonds is 3. The van der Waals surface area contributed by atoms with E-state index in [1.54, 1.807) is 12.1 Å². The van der Waals surface area contributed by atoms with Crippen LogP contribution in [0.25, 0.3) is 0 Å². The first-order valence-electron chi connectivity index (χ1n) is 4.83. The fourth-order valence-corrected chi connectivity index (χ4v) is 2.19. The zero-order valence-corrected chi connectivity index (χ0v) is 10.5. The minimum absolute atomic E-state index is 0.211. The molecule has 0 radical (unpaired) electrons. The van der Waals surface area contributed by atoms with Gasteiger partial charge in [-0.15, -0.1) is 4.36 Å². The molecule has 17 heavy (non-hydrogen) atoms. The molecule has 0 aromatic heterocycles. The zero-order chi connectivity index (χ0) is 13.1. The minimum Gasteiger partial charge on any atom is -0.463 e. The first-order valence-corrected chi connectivity index (χ1v) is 6.40. The Kier molecular flexibility index (Phi) is 4.22. The summed E-state index contributed by atoms with van der Waals surface area (Å²) < 4.78 is 14.7. The third-order valence-electron chi connectivity index (χ3n) is 1.97. The highest BCUT2D eigenvalue weighted by atomic mass is 32.2. The van der Waals surface area contributed by atoms with Crippen LogP contribution in [-0.2, 0) is 16.5 Å². The lowest BCUT2D eigenvalue weighted by Gasteiger charge is -2.10. The fraction of sp³-hybridized carbons (Fsp3) is 0.300. The molecule has 0 saturated carbocycles. The maximum absolute atomic E-state index is 11.8. The average molecular weight is 257 g/mol.